The zero-order chi connectivity index (χ0) is 12.4. The van der Waals surface area contributed by atoms with Crippen LogP contribution >= 0.6 is 11.8 Å². The summed E-state index contributed by atoms with van der Waals surface area (Å²) in [6, 6.07) is 9.74. The number of ether oxygens (including phenoxy) is 1. The molecular formula is C12H11N3O2S. The molecule has 5 nitrogen and oxygen atoms in total. The third-order valence-corrected chi connectivity index (χ3v) is 3.74. The Bertz CT molecular complexity index is 555. The van der Waals surface area contributed by atoms with Crippen molar-refractivity contribution in [2.75, 3.05) is 6.61 Å². The number of nitrogens with zero attached hydrogens (tertiary/aromatic N) is 3. The Morgan fingerprint density at radius 3 is 2.89 bits per heavy atom. The summed E-state index contributed by atoms with van der Waals surface area (Å²) < 4.78 is 6.60. The molecule has 0 unspecified atom stereocenters. The van der Waals surface area contributed by atoms with E-state index >= 15 is 0 Å². The summed E-state index contributed by atoms with van der Waals surface area (Å²) in [5.74, 6) is -0.170. The molecule has 1 fully saturated rings. The third-order valence-electron chi connectivity index (χ3n) is 2.63. The van der Waals surface area contributed by atoms with Crippen molar-refractivity contribution in [1.82, 2.24) is 14.8 Å². The van der Waals surface area contributed by atoms with Crippen molar-refractivity contribution < 1.29 is 9.53 Å². The standard InChI is InChI=1S/C12H11N3O2S/c16-11-10(6-7-17-11)18-12-13-8-15(14-12)9-4-2-1-3-5-9/h1-5,8,10H,6-7H2/t10-/m1/s1. The molecule has 92 valence electrons. The maximum atomic E-state index is 11.4. The number of cyclic esters (lactones) is 1. The van der Waals surface area contributed by atoms with Gasteiger partial charge in [0.15, 0.2) is 0 Å². The first-order valence-electron chi connectivity index (χ1n) is 5.63. The van der Waals surface area contributed by atoms with Crippen LogP contribution in [0.5, 0.6) is 0 Å². The summed E-state index contributed by atoms with van der Waals surface area (Å²) in [4.78, 5) is 15.5. The highest BCUT2D eigenvalue weighted by molar-refractivity contribution is 8.00. The van der Waals surface area contributed by atoms with Crippen LogP contribution in [0.25, 0.3) is 5.69 Å². The van der Waals surface area contributed by atoms with Gasteiger partial charge in [-0.05, 0) is 12.1 Å². The van der Waals surface area contributed by atoms with Crippen LogP contribution in [0.3, 0.4) is 0 Å². The fourth-order valence-corrected chi connectivity index (χ4v) is 2.59. The van der Waals surface area contributed by atoms with Crippen molar-refractivity contribution in [3.05, 3.63) is 36.7 Å². The molecule has 0 aliphatic carbocycles. The second-order valence-electron chi connectivity index (χ2n) is 3.87. The van der Waals surface area contributed by atoms with Gasteiger partial charge in [-0.25, -0.2) is 9.67 Å². The molecule has 6 heteroatoms. The van der Waals surface area contributed by atoms with E-state index in [0.717, 1.165) is 12.1 Å². The minimum absolute atomic E-state index is 0.170. The highest BCUT2D eigenvalue weighted by Crippen LogP contribution is 2.26. The van der Waals surface area contributed by atoms with Crippen LogP contribution in [0.2, 0.25) is 0 Å². The van der Waals surface area contributed by atoms with Gasteiger partial charge in [0.25, 0.3) is 0 Å². The number of thioether (sulfide) groups is 1. The minimum Gasteiger partial charge on any atom is -0.465 e. The van der Waals surface area contributed by atoms with Crippen molar-refractivity contribution in [2.24, 2.45) is 0 Å². The lowest BCUT2D eigenvalue weighted by atomic mass is 10.3. The molecule has 0 radical (unpaired) electrons. The number of benzene rings is 1. The van der Waals surface area contributed by atoms with Crippen LogP contribution in [-0.4, -0.2) is 32.6 Å². The van der Waals surface area contributed by atoms with Crippen LogP contribution in [0, 0.1) is 0 Å². The molecule has 1 aliphatic rings. The van der Waals surface area contributed by atoms with Crippen molar-refractivity contribution >= 4 is 17.7 Å². The summed E-state index contributed by atoms with van der Waals surface area (Å²) in [5, 5.41) is 4.77. The van der Waals surface area contributed by atoms with Crippen LogP contribution in [0.4, 0.5) is 0 Å². The van der Waals surface area contributed by atoms with Crippen LogP contribution in [0.1, 0.15) is 6.42 Å². The number of esters is 1. The lowest BCUT2D eigenvalue weighted by molar-refractivity contribution is -0.137. The number of aromatic nitrogens is 3. The van der Waals surface area contributed by atoms with Gasteiger partial charge in [0, 0.05) is 6.42 Å². The molecule has 1 aromatic heterocycles. The Morgan fingerprint density at radius 1 is 1.33 bits per heavy atom. The SMILES string of the molecule is O=C1OCC[C@H]1Sc1ncn(-c2ccccc2)n1. The normalized spacial score (nSPS) is 18.9. The van der Waals surface area contributed by atoms with Crippen molar-refractivity contribution in [1.29, 1.82) is 0 Å². The van der Waals surface area contributed by atoms with Gasteiger partial charge in [-0.3, -0.25) is 4.79 Å². The highest BCUT2D eigenvalue weighted by atomic mass is 32.2. The number of carbonyl (C=O) groups is 1. The second kappa shape index (κ2) is 4.81. The van der Waals surface area contributed by atoms with Crippen LogP contribution < -0.4 is 0 Å². The molecule has 2 heterocycles. The van der Waals surface area contributed by atoms with E-state index in [1.54, 1.807) is 11.0 Å². The highest BCUT2D eigenvalue weighted by Gasteiger charge is 2.28. The number of para-hydroxylation sites is 1. The average molecular weight is 261 g/mol. The van der Waals surface area contributed by atoms with Gasteiger partial charge in [-0.1, -0.05) is 30.0 Å². The smallest absolute Gasteiger partial charge is 0.319 e. The van der Waals surface area contributed by atoms with Gasteiger partial charge in [-0.15, -0.1) is 5.10 Å². The molecule has 1 atom stereocenters. The second-order valence-corrected chi connectivity index (χ2v) is 5.04. The topological polar surface area (TPSA) is 57.0 Å². The van der Waals surface area contributed by atoms with Crippen molar-refractivity contribution in [3.63, 3.8) is 0 Å². The predicted molar refractivity (Wildman–Crippen MR) is 66.6 cm³/mol. The number of rotatable bonds is 3. The van der Waals surface area contributed by atoms with E-state index in [1.165, 1.54) is 11.8 Å². The molecule has 1 aliphatic heterocycles. The van der Waals surface area contributed by atoms with E-state index in [4.69, 9.17) is 4.74 Å². The Hall–Kier alpha value is -1.82. The molecule has 1 saturated heterocycles. The molecule has 2 aromatic rings. The molecule has 0 bridgehead atoms. The zero-order valence-corrected chi connectivity index (χ0v) is 10.3. The quantitative estimate of drug-likeness (QED) is 0.787. The van der Waals surface area contributed by atoms with E-state index in [9.17, 15) is 4.79 Å². The summed E-state index contributed by atoms with van der Waals surface area (Å²) in [6.07, 6.45) is 2.38. The number of hydrogen-bond donors (Lipinski definition) is 0. The Balaban J connectivity index is 1.76. The molecule has 0 saturated carbocycles. The first-order chi connectivity index (χ1) is 8.83. The van der Waals surface area contributed by atoms with Gasteiger partial charge in [0.05, 0.1) is 12.3 Å². The molecule has 0 amide bonds. The lowest BCUT2D eigenvalue weighted by Crippen LogP contribution is -2.09. The molecule has 18 heavy (non-hydrogen) atoms. The van der Waals surface area contributed by atoms with Crippen LogP contribution in [-0.2, 0) is 9.53 Å². The average Bonchev–Trinajstić information content (AvgIpc) is 3.02. The largest absolute Gasteiger partial charge is 0.465 e. The fourth-order valence-electron chi connectivity index (χ4n) is 1.72. The van der Waals surface area contributed by atoms with Gasteiger partial charge < -0.3 is 4.74 Å². The maximum Gasteiger partial charge on any atom is 0.319 e. The van der Waals surface area contributed by atoms with E-state index in [-0.39, 0.29) is 11.2 Å². The number of carbonyl (C=O) groups excluding carboxylic acids is 1. The summed E-state index contributed by atoms with van der Waals surface area (Å²) in [7, 11) is 0. The number of hydrogen-bond acceptors (Lipinski definition) is 5. The van der Waals surface area contributed by atoms with E-state index in [1.807, 2.05) is 30.3 Å². The Labute approximate surface area is 108 Å². The maximum absolute atomic E-state index is 11.4. The van der Waals surface area contributed by atoms with Crippen molar-refractivity contribution in [3.8, 4) is 5.69 Å². The van der Waals surface area contributed by atoms with Gasteiger partial charge >= 0.3 is 5.97 Å². The predicted octanol–water partition coefficient (Wildman–Crippen LogP) is 1.67. The minimum atomic E-state index is -0.170. The molecule has 1 aromatic carbocycles. The van der Waals surface area contributed by atoms with Gasteiger partial charge in [-0.2, -0.15) is 0 Å². The van der Waals surface area contributed by atoms with Crippen LogP contribution in [0.15, 0.2) is 41.8 Å². The van der Waals surface area contributed by atoms with E-state index < -0.39 is 0 Å². The lowest BCUT2D eigenvalue weighted by Gasteiger charge is -2.00. The van der Waals surface area contributed by atoms with E-state index in [2.05, 4.69) is 10.1 Å². The first-order valence-corrected chi connectivity index (χ1v) is 6.51. The summed E-state index contributed by atoms with van der Waals surface area (Å²) in [6.45, 7) is 0.496. The Morgan fingerprint density at radius 2 is 2.17 bits per heavy atom. The summed E-state index contributed by atoms with van der Waals surface area (Å²) >= 11 is 1.36. The first kappa shape index (κ1) is 11.3. The van der Waals surface area contributed by atoms with Gasteiger partial charge in [0.2, 0.25) is 5.16 Å². The molecule has 0 spiro atoms. The third kappa shape index (κ3) is 2.24. The zero-order valence-electron chi connectivity index (χ0n) is 9.52. The van der Waals surface area contributed by atoms with E-state index in [0.29, 0.717) is 11.8 Å². The summed E-state index contributed by atoms with van der Waals surface area (Å²) in [5.41, 5.74) is 0.950. The monoisotopic (exact) mass is 261 g/mol. The molecule has 0 N–H and O–H groups in total. The van der Waals surface area contributed by atoms with Crippen molar-refractivity contribution in [2.45, 2.75) is 16.8 Å². The Kier molecular flexibility index (Phi) is 3.02. The van der Waals surface area contributed by atoms with Gasteiger partial charge in [0.1, 0.15) is 11.6 Å². The molecular weight excluding hydrogens is 250 g/mol. The fraction of sp³-hybridized carbons (Fsp3) is 0.250. The molecule has 3 rings (SSSR count).